The van der Waals surface area contributed by atoms with E-state index >= 15 is 0 Å². The number of hydrogen-bond acceptors (Lipinski definition) is 5. The summed E-state index contributed by atoms with van der Waals surface area (Å²) in [6.07, 6.45) is 1.71. The summed E-state index contributed by atoms with van der Waals surface area (Å²) in [4.78, 5) is 28.5. The first-order valence-electron chi connectivity index (χ1n) is 6.20. The Labute approximate surface area is 125 Å². The minimum atomic E-state index is -0.218. The number of thioether (sulfide) groups is 1. The molecular weight excluding hydrogens is 294 g/mol. The van der Waals surface area contributed by atoms with Gasteiger partial charge in [-0.05, 0) is 20.8 Å². The monoisotopic (exact) mass is 311 g/mol. The van der Waals surface area contributed by atoms with E-state index in [1.807, 2.05) is 26.2 Å². The summed E-state index contributed by atoms with van der Waals surface area (Å²) in [5.74, 6) is 0.917. The number of rotatable bonds is 4. The van der Waals surface area contributed by atoms with Crippen LogP contribution in [0, 0.1) is 0 Å². The number of aromatic nitrogens is 2. The van der Waals surface area contributed by atoms with Crippen molar-refractivity contribution in [2.45, 2.75) is 32.1 Å². The second-order valence-electron chi connectivity index (χ2n) is 5.43. The van der Waals surface area contributed by atoms with E-state index in [1.54, 1.807) is 6.20 Å². The lowest BCUT2D eigenvalue weighted by atomic mass is 10.1. The van der Waals surface area contributed by atoms with Crippen LogP contribution in [0.4, 0.5) is 0 Å². The van der Waals surface area contributed by atoms with E-state index in [0.717, 1.165) is 0 Å². The highest BCUT2D eigenvalue weighted by atomic mass is 32.2. The maximum Gasteiger partial charge on any atom is 0.258 e. The van der Waals surface area contributed by atoms with Gasteiger partial charge in [0.15, 0.2) is 4.96 Å². The van der Waals surface area contributed by atoms with Crippen molar-refractivity contribution in [2.75, 3.05) is 5.75 Å². The summed E-state index contributed by atoms with van der Waals surface area (Å²) in [5, 5.41) is 4.73. The predicted octanol–water partition coefficient (Wildman–Crippen LogP) is 1.90. The zero-order valence-corrected chi connectivity index (χ0v) is 13.3. The molecule has 7 heteroatoms. The SMILES string of the molecule is CC(C)(C)NC(=O)CSCc1cc(=O)n2ccsc2n1. The van der Waals surface area contributed by atoms with Crippen LogP contribution in [0.1, 0.15) is 26.5 Å². The molecule has 1 amide bonds. The Balaban J connectivity index is 1.93. The Morgan fingerprint density at radius 1 is 1.50 bits per heavy atom. The number of amides is 1. The fourth-order valence-electron chi connectivity index (χ4n) is 1.66. The van der Waals surface area contributed by atoms with Gasteiger partial charge in [0.05, 0.1) is 11.4 Å². The third-order valence-corrected chi connectivity index (χ3v) is 4.08. The van der Waals surface area contributed by atoms with E-state index in [0.29, 0.717) is 22.2 Å². The molecule has 0 aliphatic heterocycles. The van der Waals surface area contributed by atoms with Crippen molar-refractivity contribution >= 4 is 34.0 Å². The van der Waals surface area contributed by atoms with Crippen molar-refractivity contribution in [2.24, 2.45) is 0 Å². The van der Waals surface area contributed by atoms with Gasteiger partial charge in [-0.1, -0.05) is 0 Å². The van der Waals surface area contributed by atoms with Crippen LogP contribution in [0.3, 0.4) is 0 Å². The van der Waals surface area contributed by atoms with Crippen molar-refractivity contribution in [1.82, 2.24) is 14.7 Å². The molecule has 0 fully saturated rings. The number of carbonyl (C=O) groups is 1. The molecule has 5 nitrogen and oxygen atoms in total. The van der Waals surface area contributed by atoms with Gasteiger partial charge in [0.25, 0.3) is 5.56 Å². The van der Waals surface area contributed by atoms with Crippen LogP contribution >= 0.6 is 23.1 Å². The highest BCUT2D eigenvalue weighted by molar-refractivity contribution is 7.99. The van der Waals surface area contributed by atoms with E-state index in [4.69, 9.17) is 0 Å². The minimum Gasteiger partial charge on any atom is -0.351 e. The quantitative estimate of drug-likeness (QED) is 0.937. The summed E-state index contributed by atoms with van der Waals surface area (Å²) in [6, 6.07) is 1.52. The van der Waals surface area contributed by atoms with Crippen molar-refractivity contribution in [1.29, 1.82) is 0 Å². The fraction of sp³-hybridized carbons (Fsp3) is 0.462. The van der Waals surface area contributed by atoms with Gasteiger partial charge in [0.1, 0.15) is 0 Å². The molecule has 20 heavy (non-hydrogen) atoms. The van der Waals surface area contributed by atoms with Crippen LogP contribution in [0.2, 0.25) is 0 Å². The van der Waals surface area contributed by atoms with E-state index in [9.17, 15) is 9.59 Å². The first-order chi connectivity index (χ1) is 9.35. The summed E-state index contributed by atoms with van der Waals surface area (Å²) < 4.78 is 1.52. The summed E-state index contributed by atoms with van der Waals surface area (Å²) in [7, 11) is 0. The fourth-order valence-corrected chi connectivity index (χ4v) is 3.12. The molecule has 0 aliphatic carbocycles. The van der Waals surface area contributed by atoms with Crippen LogP contribution in [-0.2, 0) is 10.5 Å². The van der Waals surface area contributed by atoms with E-state index in [-0.39, 0.29) is 17.0 Å². The van der Waals surface area contributed by atoms with Gasteiger partial charge >= 0.3 is 0 Å². The summed E-state index contributed by atoms with van der Waals surface area (Å²) in [6.45, 7) is 5.84. The molecular formula is C13H17N3O2S2. The number of thiazole rings is 1. The highest BCUT2D eigenvalue weighted by Gasteiger charge is 2.13. The number of fused-ring (bicyclic) bond motifs is 1. The topological polar surface area (TPSA) is 63.5 Å². The standard InChI is InChI=1S/C13H17N3O2S2/c1-13(2,3)15-10(17)8-19-7-9-6-11(18)16-4-5-20-12(16)14-9/h4-6H,7-8H2,1-3H3,(H,15,17). The van der Waals surface area contributed by atoms with Crippen LogP contribution in [0.5, 0.6) is 0 Å². The van der Waals surface area contributed by atoms with Gasteiger partial charge in [-0.2, -0.15) is 0 Å². The lowest BCUT2D eigenvalue weighted by molar-refractivity contribution is -0.119. The lowest BCUT2D eigenvalue weighted by Crippen LogP contribution is -2.41. The molecule has 0 unspecified atom stereocenters. The molecule has 0 saturated heterocycles. The van der Waals surface area contributed by atoms with E-state index in [2.05, 4.69) is 10.3 Å². The normalized spacial score (nSPS) is 11.8. The van der Waals surface area contributed by atoms with Crippen molar-refractivity contribution in [3.8, 4) is 0 Å². The number of nitrogens with zero attached hydrogens (tertiary/aromatic N) is 2. The molecule has 0 aliphatic rings. The molecule has 2 aromatic rings. The lowest BCUT2D eigenvalue weighted by Gasteiger charge is -2.20. The largest absolute Gasteiger partial charge is 0.351 e. The molecule has 2 rings (SSSR count). The third-order valence-electron chi connectivity index (χ3n) is 2.35. The molecule has 0 spiro atoms. The van der Waals surface area contributed by atoms with Gasteiger partial charge in [-0.3, -0.25) is 14.0 Å². The molecule has 0 bridgehead atoms. The van der Waals surface area contributed by atoms with Crippen LogP contribution in [-0.4, -0.2) is 26.6 Å². The number of nitrogens with one attached hydrogen (secondary N) is 1. The van der Waals surface area contributed by atoms with Crippen molar-refractivity contribution in [3.63, 3.8) is 0 Å². The Hall–Kier alpha value is -1.34. The predicted molar refractivity (Wildman–Crippen MR) is 83.4 cm³/mol. The second kappa shape index (κ2) is 5.97. The molecule has 108 valence electrons. The Kier molecular flexibility index (Phi) is 4.49. The maximum atomic E-state index is 11.8. The van der Waals surface area contributed by atoms with E-state index < -0.39 is 0 Å². The zero-order chi connectivity index (χ0) is 14.8. The molecule has 1 N–H and O–H groups in total. The van der Waals surface area contributed by atoms with Crippen LogP contribution in [0.25, 0.3) is 4.96 Å². The van der Waals surface area contributed by atoms with Crippen molar-refractivity contribution in [3.05, 3.63) is 33.7 Å². The van der Waals surface area contributed by atoms with Gasteiger partial charge in [-0.15, -0.1) is 23.1 Å². The first kappa shape index (κ1) is 15.1. The Morgan fingerprint density at radius 2 is 2.25 bits per heavy atom. The average Bonchev–Trinajstić information content (AvgIpc) is 2.75. The summed E-state index contributed by atoms with van der Waals surface area (Å²) >= 11 is 2.88. The molecule has 0 radical (unpaired) electrons. The van der Waals surface area contributed by atoms with E-state index in [1.165, 1.54) is 33.6 Å². The van der Waals surface area contributed by atoms with Gasteiger partial charge in [-0.25, -0.2) is 4.98 Å². The number of carbonyl (C=O) groups excluding carboxylic acids is 1. The molecule has 2 heterocycles. The smallest absolute Gasteiger partial charge is 0.258 e. The average molecular weight is 311 g/mol. The Bertz CT molecular complexity index is 670. The van der Waals surface area contributed by atoms with Crippen LogP contribution in [0.15, 0.2) is 22.4 Å². The first-order valence-corrected chi connectivity index (χ1v) is 8.23. The molecule has 0 atom stereocenters. The molecule has 0 saturated carbocycles. The van der Waals surface area contributed by atoms with Gasteiger partial charge in [0.2, 0.25) is 5.91 Å². The highest BCUT2D eigenvalue weighted by Crippen LogP contribution is 2.12. The maximum absolute atomic E-state index is 11.8. The molecule has 2 aromatic heterocycles. The number of hydrogen-bond donors (Lipinski definition) is 1. The van der Waals surface area contributed by atoms with Gasteiger partial charge < -0.3 is 5.32 Å². The zero-order valence-electron chi connectivity index (χ0n) is 11.7. The Morgan fingerprint density at radius 3 is 2.95 bits per heavy atom. The summed E-state index contributed by atoms with van der Waals surface area (Å²) in [5.41, 5.74) is 0.418. The minimum absolute atomic E-state index is 0.00331. The molecule has 0 aromatic carbocycles. The third kappa shape index (κ3) is 4.08. The van der Waals surface area contributed by atoms with Crippen LogP contribution < -0.4 is 10.9 Å². The van der Waals surface area contributed by atoms with Gasteiger partial charge in [0, 0.05) is 28.9 Å². The second-order valence-corrected chi connectivity index (χ2v) is 7.29. The van der Waals surface area contributed by atoms with Crippen molar-refractivity contribution < 1.29 is 4.79 Å².